The van der Waals surface area contributed by atoms with Crippen molar-refractivity contribution in [1.82, 2.24) is 9.53 Å². The second kappa shape index (κ2) is 5.62. The Morgan fingerprint density at radius 1 is 1.37 bits per heavy atom. The van der Waals surface area contributed by atoms with Crippen molar-refractivity contribution in [2.24, 2.45) is 0 Å². The molecule has 0 bridgehead atoms. The van der Waals surface area contributed by atoms with E-state index in [1.54, 1.807) is 37.2 Å². The molecule has 2 N–H and O–H groups in total. The molecule has 1 aliphatic heterocycles. The zero-order valence-electron chi connectivity index (χ0n) is 11.2. The highest BCUT2D eigenvalue weighted by molar-refractivity contribution is 7.89. The third-order valence-corrected chi connectivity index (χ3v) is 5.01. The molecule has 0 spiro atoms. The minimum atomic E-state index is -3.47. The molecule has 2 rings (SSSR count). The molecule has 1 heterocycles. The van der Waals surface area contributed by atoms with E-state index >= 15 is 0 Å². The summed E-state index contributed by atoms with van der Waals surface area (Å²) in [5.74, 6) is 0. The molecule has 2 atom stereocenters. The summed E-state index contributed by atoms with van der Waals surface area (Å²) < 4.78 is 27.1. The van der Waals surface area contributed by atoms with Gasteiger partial charge in [0.1, 0.15) is 0 Å². The molecule has 0 saturated carbocycles. The lowest BCUT2D eigenvalue weighted by Crippen LogP contribution is -2.42. The summed E-state index contributed by atoms with van der Waals surface area (Å²) in [5, 5.41) is 9.60. The highest BCUT2D eigenvalue weighted by Crippen LogP contribution is 2.20. The Morgan fingerprint density at radius 2 is 2.00 bits per heavy atom. The lowest BCUT2D eigenvalue weighted by molar-refractivity contribution is 0.360. The molecule has 1 fully saturated rings. The van der Waals surface area contributed by atoms with Crippen LogP contribution in [0, 0.1) is 0 Å². The van der Waals surface area contributed by atoms with Crippen LogP contribution in [0.4, 0.5) is 0 Å². The van der Waals surface area contributed by atoms with E-state index in [1.165, 1.54) is 0 Å². The molecule has 1 saturated heterocycles. The highest BCUT2D eigenvalue weighted by Gasteiger charge is 2.35. The summed E-state index contributed by atoms with van der Waals surface area (Å²) in [5.41, 5.74) is 0. The average Bonchev–Trinajstić information content (AvgIpc) is 2.71. The zero-order valence-corrected chi connectivity index (χ0v) is 12.0. The number of nitrogens with zero attached hydrogens (tertiary/aromatic N) is 1. The summed E-state index contributed by atoms with van der Waals surface area (Å²) in [6.45, 7) is 4.22. The molecule has 0 aromatic heterocycles. The quantitative estimate of drug-likeness (QED) is 0.791. The molecule has 1 aromatic rings. The van der Waals surface area contributed by atoms with E-state index in [9.17, 15) is 13.4 Å². The predicted molar refractivity (Wildman–Crippen MR) is 75.2 cm³/mol. The van der Waals surface area contributed by atoms with Crippen LogP contribution in [0.3, 0.4) is 0 Å². The Morgan fingerprint density at radius 3 is 2.53 bits per heavy atom. The summed E-state index contributed by atoms with van der Waals surface area (Å²) in [6, 6.07) is 8.35. The number of rotatable bonds is 4. The van der Waals surface area contributed by atoms with Gasteiger partial charge in [0.05, 0.1) is 4.90 Å². The minimum absolute atomic E-state index is 0.158. The number of benzene rings is 1. The largest absolute Gasteiger partial charge is 0.437 e. The van der Waals surface area contributed by atoms with E-state index in [-0.39, 0.29) is 17.0 Å². The van der Waals surface area contributed by atoms with Crippen LogP contribution in [0.5, 0.6) is 0 Å². The molecule has 1 aromatic carbocycles. The van der Waals surface area contributed by atoms with Crippen molar-refractivity contribution in [3.63, 3.8) is 0 Å². The molecular weight excluding hydrogens is 263 g/mol. The van der Waals surface area contributed by atoms with E-state index in [4.69, 9.17) is 0 Å². The molecule has 0 radical (unpaired) electrons. The Bertz CT molecular complexity index is 521. The lowest BCUT2D eigenvalue weighted by Gasteiger charge is -2.21. The standard InChI is InChI=1S/C12H19BN2O3S/c1-10-8-11(9-15(10)13(2)16)14-19(17,18)12-6-4-3-5-7-12/h3-7,10-11,14,16H,8-9H2,1-2H3/t10-,11+/m0/s1. The SMILES string of the molecule is CB(O)N1C[C@H](NS(=O)(=O)c2ccccc2)C[C@@H]1C. The van der Waals surface area contributed by atoms with Gasteiger partial charge in [0.25, 0.3) is 0 Å². The van der Waals surface area contributed by atoms with Gasteiger partial charge >= 0.3 is 7.05 Å². The second-order valence-corrected chi connectivity index (χ2v) is 6.76. The first-order valence-electron chi connectivity index (χ1n) is 6.41. The number of nitrogens with one attached hydrogen (secondary N) is 1. The molecule has 1 aliphatic rings. The van der Waals surface area contributed by atoms with Gasteiger partial charge in [0.15, 0.2) is 0 Å². The molecular formula is C12H19BN2O3S. The van der Waals surface area contributed by atoms with Gasteiger partial charge in [-0.15, -0.1) is 0 Å². The first-order valence-corrected chi connectivity index (χ1v) is 7.89. The van der Waals surface area contributed by atoms with Crippen molar-refractivity contribution in [1.29, 1.82) is 0 Å². The van der Waals surface area contributed by atoms with E-state index in [2.05, 4.69) is 4.72 Å². The monoisotopic (exact) mass is 282 g/mol. The van der Waals surface area contributed by atoms with Crippen LogP contribution in [-0.2, 0) is 10.0 Å². The van der Waals surface area contributed by atoms with Crippen molar-refractivity contribution in [3.8, 4) is 0 Å². The van der Waals surface area contributed by atoms with E-state index in [0.29, 0.717) is 13.0 Å². The molecule has 0 amide bonds. The number of hydrogen-bond acceptors (Lipinski definition) is 4. The predicted octanol–water partition coefficient (Wildman–Crippen LogP) is 0.538. The first-order chi connectivity index (χ1) is 8.90. The van der Waals surface area contributed by atoms with Gasteiger partial charge in [-0.3, -0.25) is 0 Å². The molecule has 5 nitrogen and oxygen atoms in total. The number of hydrogen-bond donors (Lipinski definition) is 2. The van der Waals surface area contributed by atoms with Crippen LogP contribution >= 0.6 is 0 Å². The molecule has 104 valence electrons. The van der Waals surface area contributed by atoms with E-state index in [0.717, 1.165) is 0 Å². The van der Waals surface area contributed by atoms with Crippen LogP contribution in [0.25, 0.3) is 0 Å². The van der Waals surface area contributed by atoms with Crippen LogP contribution in [-0.4, -0.2) is 43.9 Å². The summed E-state index contributed by atoms with van der Waals surface area (Å²) >= 11 is 0. The Balaban J connectivity index is 2.07. The fraction of sp³-hybridized carbons (Fsp3) is 0.500. The van der Waals surface area contributed by atoms with E-state index in [1.807, 2.05) is 11.7 Å². The van der Waals surface area contributed by atoms with Gasteiger partial charge in [-0.05, 0) is 31.4 Å². The van der Waals surface area contributed by atoms with Crippen LogP contribution in [0.2, 0.25) is 6.82 Å². The van der Waals surface area contributed by atoms with Crippen molar-refractivity contribution in [2.75, 3.05) is 6.54 Å². The van der Waals surface area contributed by atoms with E-state index < -0.39 is 17.1 Å². The zero-order chi connectivity index (χ0) is 14.0. The van der Waals surface area contributed by atoms with Crippen molar-refractivity contribution < 1.29 is 13.4 Å². The second-order valence-electron chi connectivity index (χ2n) is 5.04. The normalized spacial score (nSPS) is 24.6. The molecule has 7 heteroatoms. The Hall–Kier alpha value is -0.885. The number of sulfonamides is 1. The van der Waals surface area contributed by atoms with Gasteiger partial charge in [0, 0.05) is 12.6 Å². The first kappa shape index (κ1) is 14.5. The summed E-state index contributed by atoms with van der Waals surface area (Å²) in [4.78, 5) is 2.16. The fourth-order valence-corrected chi connectivity index (χ4v) is 3.81. The average molecular weight is 282 g/mol. The highest BCUT2D eigenvalue weighted by atomic mass is 32.2. The smallest absolute Gasteiger partial charge is 0.376 e. The van der Waals surface area contributed by atoms with Crippen LogP contribution in [0.15, 0.2) is 35.2 Å². The van der Waals surface area contributed by atoms with Crippen LogP contribution in [0.1, 0.15) is 13.3 Å². The van der Waals surface area contributed by atoms with Crippen molar-refractivity contribution in [2.45, 2.75) is 37.1 Å². The van der Waals surface area contributed by atoms with Gasteiger partial charge < -0.3 is 9.83 Å². The van der Waals surface area contributed by atoms with Crippen molar-refractivity contribution in [3.05, 3.63) is 30.3 Å². The molecule has 0 unspecified atom stereocenters. The summed E-state index contributed by atoms with van der Waals surface area (Å²) in [7, 11) is -4.03. The van der Waals surface area contributed by atoms with Gasteiger partial charge in [-0.25, -0.2) is 13.1 Å². The Kier molecular flexibility index (Phi) is 4.30. The third kappa shape index (κ3) is 3.36. The van der Waals surface area contributed by atoms with Crippen LogP contribution < -0.4 is 4.72 Å². The molecule has 19 heavy (non-hydrogen) atoms. The van der Waals surface area contributed by atoms with Gasteiger partial charge in [0.2, 0.25) is 10.0 Å². The summed E-state index contributed by atoms with van der Waals surface area (Å²) in [6.07, 6.45) is 0.705. The topological polar surface area (TPSA) is 69.6 Å². The van der Waals surface area contributed by atoms with Gasteiger partial charge in [-0.2, -0.15) is 0 Å². The Labute approximate surface area is 114 Å². The molecule has 0 aliphatic carbocycles. The minimum Gasteiger partial charge on any atom is -0.437 e. The maximum atomic E-state index is 12.2. The fourth-order valence-electron chi connectivity index (χ4n) is 2.55. The lowest BCUT2D eigenvalue weighted by atomic mass is 9.84. The van der Waals surface area contributed by atoms with Crippen molar-refractivity contribution >= 4 is 17.1 Å². The third-order valence-electron chi connectivity index (χ3n) is 3.48. The maximum Gasteiger partial charge on any atom is 0.376 e. The van der Waals surface area contributed by atoms with Gasteiger partial charge in [-0.1, -0.05) is 25.1 Å². The maximum absolute atomic E-state index is 12.2.